The van der Waals surface area contributed by atoms with Crippen LogP contribution in [0.2, 0.25) is 0 Å². The summed E-state index contributed by atoms with van der Waals surface area (Å²) in [6.45, 7) is 5.40. The van der Waals surface area contributed by atoms with Crippen LogP contribution < -0.4 is 0 Å². The molecule has 0 atom stereocenters. The van der Waals surface area contributed by atoms with Gasteiger partial charge in [0.05, 0.1) is 0 Å². The molecule has 2 N–H and O–H groups in total. The maximum atomic E-state index is 8.52. The highest BCUT2D eigenvalue weighted by atomic mass is 16.4. The first kappa shape index (κ1) is 10.9. The molecule has 12 heavy (non-hydrogen) atoms. The van der Waals surface area contributed by atoms with Gasteiger partial charge >= 0.3 is 7.12 Å². The molecule has 0 aliphatic heterocycles. The summed E-state index contributed by atoms with van der Waals surface area (Å²) in [6.07, 6.45) is 8.76. The largest absolute Gasteiger partial charge is 0.480 e. The Kier molecular flexibility index (Phi) is 6.06. The van der Waals surface area contributed by atoms with Gasteiger partial charge in [-0.05, 0) is 12.5 Å². The van der Waals surface area contributed by atoms with Crippen molar-refractivity contribution < 1.29 is 10.0 Å². The molecule has 0 aliphatic carbocycles. The van der Waals surface area contributed by atoms with Crippen molar-refractivity contribution in [2.24, 2.45) is 0 Å². The first-order chi connectivity index (χ1) is 5.70. The second kappa shape index (κ2) is 6.64. The molecule has 0 aromatic heterocycles. The Bertz CT molecular complexity index is 215. The van der Waals surface area contributed by atoms with E-state index in [0.29, 0.717) is 0 Å². The molecule has 0 saturated heterocycles. The van der Waals surface area contributed by atoms with Crippen molar-refractivity contribution in [3.05, 3.63) is 48.5 Å². The zero-order valence-electron chi connectivity index (χ0n) is 7.14. The Balaban J connectivity index is 4.20. The van der Waals surface area contributed by atoms with E-state index < -0.39 is 7.12 Å². The standard InChI is InChI=1S/C9H13BO2/c1-3-5-6-9(4-2)7-8-10(11)12/h3-8,11-12H,1H2,2H3/b6-5-,8-7+,9-4+. The monoisotopic (exact) mass is 164 g/mol. The topological polar surface area (TPSA) is 40.5 Å². The third-order valence-electron chi connectivity index (χ3n) is 1.22. The molecule has 0 bridgehead atoms. The average Bonchev–Trinajstić information content (AvgIpc) is 2.05. The smallest absolute Gasteiger partial charge is 0.424 e. The lowest BCUT2D eigenvalue weighted by Gasteiger charge is -1.90. The summed E-state index contributed by atoms with van der Waals surface area (Å²) in [5.74, 6) is 1.29. The van der Waals surface area contributed by atoms with E-state index in [4.69, 9.17) is 10.0 Å². The number of hydrogen-bond acceptors (Lipinski definition) is 2. The van der Waals surface area contributed by atoms with Gasteiger partial charge in [0.15, 0.2) is 0 Å². The summed E-state index contributed by atoms with van der Waals surface area (Å²) in [5, 5.41) is 17.0. The Labute approximate surface area is 73.4 Å². The van der Waals surface area contributed by atoms with Crippen LogP contribution in [0.25, 0.3) is 0 Å². The van der Waals surface area contributed by atoms with Crippen molar-refractivity contribution in [3.8, 4) is 0 Å². The van der Waals surface area contributed by atoms with Crippen LogP contribution in [0.5, 0.6) is 0 Å². The minimum absolute atomic E-state index is 0.906. The van der Waals surface area contributed by atoms with E-state index in [-0.39, 0.29) is 0 Å². The van der Waals surface area contributed by atoms with E-state index in [1.807, 2.05) is 19.1 Å². The van der Waals surface area contributed by atoms with Gasteiger partial charge in [-0.25, -0.2) is 0 Å². The summed E-state index contributed by atoms with van der Waals surface area (Å²) in [5.41, 5.74) is 0.906. The van der Waals surface area contributed by atoms with E-state index in [2.05, 4.69) is 6.58 Å². The Morgan fingerprint density at radius 2 is 2.00 bits per heavy atom. The van der Waals surface area contributed by atoms with E-state index in [9.17, 15) is 0 Å². The van der Waals surface area contributed by atoms with Crippen molar-refractivity contribution in [2.45, 2.75) is 6.92 Å². The first-order valence-electron chi connectivity index (χ1n) is 3.70. The fourth-order valence-electron chi connectivity index (χ4n) is 0.624. The number of hydrogen-bond donors (Lipinski definition) is 2. The highest BCUT2D eigenvalue weighted by molar-refractivity contribution is 6.47. The quantitative estimate of drug-likeness (QED) is 0.484. The van der Waals surface area contributed by atoms with Crippen molar-refractivity contribution >= 4 is 7.12 Å². The van der Waals surface area contributed by atoms with Gasteiger partial charge in [0, 0.05) is 0 Å². The molecule has 3 heteroatoms. The zero-order valence-corrected chi connectivity index (χ0v) is 7.14. The van der Waals surface area contributed by atoms with Crippen LogP contribution in [-0.4, -0.2) is 17.2 Å². The van der Waals surface area contributed by atoms with Gasteiger partial charge in [0.2, 0.25) is 0 Å². The van der Waals surface area contributed by atoms with Gasteiger partial charge in [-0.2, -0.15) is 0 Å². The molecule has 0 aliphatic rings. The van der Waals surface area contributed by atoms with Crippen LogP contribution in [0.4, 0.5) is 0 Å². The van der Waals surface area contributed by atoms with Gasteiger partial charge < -0.3 is 10.0 Å². The Morgan fingerprint density at radius 1 is 1.33 bits per heavy atom. The first-order valence-corrected chi connectivity index (χ1v) is 3.70. The molecule has 0 spiro atoms. The highest BCUT2D eigenvalue weighted by Gasteiger charge is 1.97. The SMILES string of the molecule is C=C\C=C/C(=C\C)/C=C/B(O)O. The second-order valence-electron chi connectivity index (χ2n) is 2.16. The third kappa shape index (κ3) is 5.71. The van der Waals surface area contributed by atoms with Crippen molar-refractivity contribution in [3.63, 3.8) is 0 Å². The summed E-state index contributed by atoms with van der Waals surface area (Å²) in [7, 11) is -1.39. The highest BCUT2D eigenvalue weighted by Crippen LogP contribution is 1.99. The molecule has 0 rings (SSSR count). The fourth-order valence-corrected chi connectivity index (χ4v) is 0.624. The molecule has 64 valence electrons. The van der Waals surface area contributed by atoms with Crippen LogP contribution in [0.1, 0.15) is 6.92 Å². The maximum Gasteiger partial charge on any atom is 0.480 e. The summed E-state index contributed by atoms with van der Waals surface area (Å²) < 4.78 is 0. The van der Waals surface area contributed by atoms with Crippen molar-refractivity contribution in [1.29, 1.82) is 0 Å². The third-order valence-corrected chi connectivity index (χ3v) is 1.22. The summed E-state index contributed by atoms with van der Waals surface area (Å²) in [4.78, 5) is 0. The van der Waals surface area contributed by atoms with Gasteiger partial charge in [-0.15, -0.1) is 0 Å². The molecule has 0 aromatic carbocycles. The Morgan fingerprint density at radius 3 is 2.42 bits per heavy atom. The molecule has 0 saturated carbocycles. The Hall–Kier alpha value is -1.06. The molecule has 0 unspecified atom stereocenters. The maximum absolute atomic E-state index is 8.52. The van der Waals surface area contributed by atoms with E-state index in [1.54, 1.807) is 18.2 Å². The number of allylic oxidation sites excluding steroid dienone is 6. The lowest BCUT2D eigenvalue weighted by atomic mass is 9.90. The lowest BCUT2D eigenvalue weighted by molar-refractivity contribution is 0.424. The number of rotatable bonds is 4. The van der Waals surface area contributed by atoms with E-state index in [0.717, 1.165) is 5.57 Å². The molecule has 0 heterocycles. The predicted molar refractivity (Wildman–Crippen MR) is 52.4 cm³/mol. The van der Waals surface area contributed by atoms with Gasteiger partial charge in [-0.3, -0.25) is 0 Å². The molecule has 0 amide bonds. The minimum atomic E-state index is -1.39. The summed E-state index contributed by atoms with van der Waals surface area (Å²) in [6, 6.07) is 0. The second-order valence-corrected chi connectivity index (χ2v) is 2.16. The van der Waals surface area contributed by atoms with Gasteiger partial charge in [0.25, 0.3) is 0 Å². The molecular weight excluding hydrogens is 151 g/mol. The minimum Gasteiger partial charge on any atom is -0.424 e. The lowest BCUT2D eigenvalue weighted by Crippen LogP contribution is -2.05. The molecule has 2 nitrogen and oxygen atoms in total. The van der Waals surface area contributed by atoms with Crippen molar-refractivity contribution in [1.82, 2.24) is 0 Å². The summed E-state index contributed by atoms with van der Waals surface area (Å²) >= 11 is 0. The van der Waals surface area contributed by atoms with E-state index >= 15 is 0 Å². The molecule has 0 aromatic rings. The van der Waals surface area contributed by atoms with Gasteiger partial charge in [-0.1, -0.05) is 42.9 Å². The van der Waals surface area contributed by atoms with Crippen molar-refractivity contribution in [2.75, 3.05) is 0 Å². The fraction of sp³-hybridized carbons (Fsp3) is 0.111. The van der Waals surface area contributed by atoms with Crippen LogP contribution >= 0.6 is 0 Å². The van der Waals surface area contributed by atoms with Crippen LogP contribution in [0.3, 0.4) is 0 Å². The van der Waals surface area contributed by atoms with Crippen LogP contribution in [0.15, 0.2) is 48.5 Å². The molecule has 0 fully saturated rings. The zero-order chi connectivity index (χ0) is 9.40. The van der Waals surface area contributed by atoms with Crippen LogP contribution in [-0.2, 0) is 0 Å². The molecule has 0 radical (unpaired) electrons. The van der Waals surface area contributed by atoms with E-state index in [1.165, 1.54) is 5.98 Å². The van der Waals surface area contributed by atoms with Gasteiger partial charge in [0.1, 0.15) is 0 Å². The average molecular weight is 164 g/mol. The predicted octanol–water partition coefficient (Wildman–Crippen LogP) is 1.24. The molecular formula is C9H13BO2. The van der Waals surface area contributed by atoms with Crippen LogP contribution in [0, 0.1) is 0 Å². The normalized spacial score (nSPS) is 12.8.